The molecular weight excluding hydrogens is 276 g/mol. The van der Waals surface area contributed by atoms with Crippen LogP contribution < -0.4 is 0 Å². The molecule has 20 heavy (non-hydrogen) atoms. The number of benzene rings is 1. The van der Waals surface area contributed by atoms with Gasteiger partial charge in [-0.05, 0) is 12.5 Å². The number of carbonyl (C=O) groups is 1. The van der Waals surface area contributed by atoms with Crippen molar-refractivity contribution in [2.24, 2.45) is 0 Å². The second-order valence-corrected chi connectivity index (χ2v) is 5.39. The molecule has 1 saturated heterocycles. The molecule has 0 saturated carbocycles. The van der Waals surface area contributed by atoms with Crippen molar-refractivity contribution in [2.75, 3.05) is 39.3 Å². The van der Waals surface area contributed by atoms with E-state index in [2.05, 4.69) is 4.90 Å². The average molecular weight is 297 g/mol. The van der Waals surface area contributed by atoms with E-state index in [1.54, 1.807) is 4.90 Å². The van der Waals surface area contributed by atoms with Crippen LogP contribution in [0.4, 0.5) is 4.79 Å². The molecule has 1 unspecified atom stereocenters. The fourth-order valence-corrected chi connectivity index (χ4v) is 2.66. The van der Waals surface area contributed by atoms with E-state index in [9.17, 15) is 4.79 Å². The summed E-state index contributed by atoms with van der Waals surface area (Å²) in [4.78, 5) is 15.7. The van der Waals surface area contributed by atoms with Crippen molar-refractivity contribution in [3.8, 4) is 0 Å². The Labute approximate surface area is 125 Å². The van der Waals surface area contributed by atoms with Gasteiger partial charge in [0, 0.05) is 32.7 Å². The van der Waals surface area contributed by atoms with Gasteiger partial charge in [-0.3, -0.25) is 4.90 Å². The van der Waals surface area contributed by atoms with E-state index in [0.29, 0.717) is 19.7 Å². The largest absolute Gasteiger partial charge is 0.450 e. The predicted octanol–water partition coefficient (Wildman–Crippen LogP) is 2.74. The molecule has 0 aromatic heterocycles. The Kier molecular flexibility index (Phi) is 5.68. The molecule has 0 N–H and O–H groups in total. The fraction of sp³-hybridized carbons (Fsp3) is 0.533. The van der Waals surface area contributed by atoms with Gasteiger partial charge < -0.3 is 9.64 Å². The molecule has 2 rings (SSSR count). The number of alkyl halides is 1. The number of carbonyl (C=O) groups excluding carboxylic acids is 1. The second-order valence-electron chi connectivity index (χ2n) is 4.86. The number of hydrogen-bond acceptors (Lipinski definition) is 3. The third-order valence-electron chi connectivity index (χ3n) is 3.48. The Balaban J connectivity index is 1.78. The monoisotopic (exact) mass is 296 g/mol. The lowest BCUT2D eigenvalue weighted by Gasteiger charge is -2.34. The van der Waals surface area contributed by atoms with Crippen LogP contribution in [0.15, 0.2) is 30.3 Å². The number of piperazine rings is 1. The number of halogens is 1. The van der Waals surface area contributed by atoms with Gasteiger partial charge in [-0.25, -0.2) is 4.79 Å². The maximum absolute atomic E-state index is 11.6. The Morgan fingerprint density at radius 2 is 1.90 bits per heavy atom. The van der Waals surface area contributed by atoms with E-state index in [0.717, 1.165) is 25.2 Å². The minimum atomic E-state index is -0.211. The summed E-state index contributed by atoms with van der Waals surface area (Å²) in [5.74, 6) is 0. The quantitative estimate of drug-likeness (QED) is 0.801. The average Bonchev–Trinajstić information content (AvgIpc) is 2.49. The lowest BCUT2D eigenvalue weighted by molar-refractivity contribution is 0.0796. The van der Waals surface area contributed by atoms with Crippen molar-refractivity contribution in [3.63, 3.8) is 0 Å². The Morgan fingerprint density at radius 3 is 2.50 bits per heavy atom. The van der Waals surface area contributed by atoms with Crippen LogP contribution in [0.2, 0.25) is 0 Å². The third kappa shape index (κ3) is 4.12. The highest BCUT2D eigenvalue weighted by molar-refractivity contribution is 6.21. The van der Waals surface area contributed by atoms with Gasteiger partial charge in [0.25, 0.3) is 0 Å². The molecule has 0 spiro atoms. The minimum Gasteiger partial charge on any atom is -0.450 e. The molecule has 1 aliphatic rings. The van der Waals surface area contributed by atoms with E-state index in [1.807, 2.05) is 37.3 Å². The van der Waals surface area contributed by atoms with Gasteiger partial charge in [0.05, 0.1) is 12.0 Å². The molecule has 0 radical (unpaired) electrons. The van der Waals surface area contributed by atoms with E-state index >= 15 is 0 Å². The smallest absolute Gasteiger partial charge is 0.409 e. The highest BCUT2D eigenvalue weighted by atomic mass is 35.5. The number of amides is 1. The third-order valence-corrected chi connectivity index (χ3v) is 3.87. The summed E-state index contributed by atoms with van der Waals surface area (Å²) in [6.45, 7) is 6.16. The van der Waals surface area contributed by atoms with Crippen molar-refractivity contribution in [3.05, 3.63) is 35.9 Å². The van der Waals surface area contributed by atoms with Crippen molar-refractivity contribution in [2.45, 2.75) is 12.3 Å². The molecular formula is C15H21ClN2O2. The van der Waals surface area contributed by atoms with Gasteiger partial charge >= 0.3 is 6.09 Å². The van der Waals surface area contributed by atoms with Crippen LogP contribution in [0.5, 0.6) is 0 Å². The molecule has 1 aromatic rings. The topological polar surface area (TPSA) is 32.8 Å². The first-order valence-corrected chi connectivity index (χ1v) is 7.47. The standard InChI is InChI=1S/C15H21ClN2O2/c1-2-20-15(19)18-10-8-17(9-11-18)12-14(16)13-6-4-3-5-7-13/h3-7,14H,2,8-12H2,1H3. The lowest BCUT2D eigenvalue weighted by atomic mass is 10.1. The highest BCUT2D eigenvalue weighted by Gasteiger charge is 2.23. The van der Waals surface area contributed by atoms with Gasteiger partial charge in [0.15, 0.2) is 0 Å². The van der Waals surface area contributed by atoms with Crippen molar-refractivity contribution in [1.29, 1.82) is 0 Å². The molecule has 0 aliphatic carbocycles. The summed E-state index contributed by atoms with van der Waals surface area (Å²) >= 11 is 6.44. The van der Waals surface area contributed by atoms with Crippen molar-refractivity contribution >= 4 is 17.7 Å². The fourth-order valence-electron chi connectivity index (χ4n) is 2.32. The predicted molar refractivity (Wildman–Crippen MR) is 80.1 cm³/mol. The van der Waals surface area contributed by atoms with Crippen LogP contribution in [0, 0.1) is 0 Å². The number of nitrogens with zero attached hydrogens (tertiary/aromatic N) is 2. The normalized spacial score (nSPS) is 17.8. The molecule has 1 amide bonds. The second kappa shape index (κ2) is 7.50. The Bertz CT molecular complexity index is 419. The van der Waals surface area contributed by atoms with Crippen LogP contribution in [-0.2, 0) is 4.74 Å². The minimum absolute atomic E-state index is 0.00894. The molecule has 1 atom stereocenters. The number of hydrogen-bond donors (Lipinski definition) is 0. The van der Waals surface area contributed by atoms with E-state index in [1.165, 1.54) is 0 Å². The SMILES string of the molecule is CCOC(=O)N1CCN(CC(Cl)c2ccccc2)CC1. The summed E-state index contributed by atoms with van der Waals surface area (Å²) in [6.07, 6.45) is -0.211. The molecule has 1 heterocycles. The molecule has 4 nitrogen and oxygen atoms in total. The summed E-state index contributed by atoms with van der Waals surface area (Å²) in [5.41, 5.74) is 1.14. The first-order valence-electron chi connectivity index (χ1n) is 7.03. The van der Waals surface area contributed by atoms with Gasteiger partial charge in [0.1, 0.15) is 0 Å². The lowest BCUT2D eigenvalue weighted by Crippen LogP contribution is -2.49. The van der Waals surface area contributed by atoms with Gasteiger partial charge in [-0.1, -0.05) is 30.3 Å². The molecule has 1 aliphatic heterocycles. The van der Waals surface area contributed by atoms with Gasteiger partial charge in [0.2, 0.25) is 0 Å². The molecule has 0 bridgehead atoms. The first kappa shape index (κ1) is 15.1. The van der Waals surface area contributed by atoms with Crippen LogP contribution in [0.25, 0.3) is 0 Å². The van der Waals surface area contributed by atoms with Crippen molar-refractivity contribution in [1.82, 2.24) is 9.80 Å². The Hall–Kier alpha value is -1.26. The highest BCUT2D eigenvalue weighted by Crippen LogP contribution is 2.21. The van der Waals surface area contributed by atoms with E-state index in [-0.39, 0.29) is 11.5 Å². The number of rotatable bonds is 4. The maximum Gasteiger partial charge on any atom is 0.409 e. The summed E-state index contributed by atoms with van der Waals surface area (Å²) < 4.78 is 5.01. The van der Waals surface area contributed by atoms with Crippen LogP contribution in [0.1, 0.15) is 17.9 Å². The van der Waals surface area contributed by atoms with Crippen molar-refractivity contribution < 1.29 is 9.53 Å². The Morgan fingerprint density at radius 1 is 1.25 bits per heavy atom. The maximum atomic E-state index is 11.6. The van der Waals surface area contributed by atoms with E-state index < -0.39 is 0 Å². The zero-order valence-corrected chi connectivity index (χ0v) is 12.6. The van der Waals surface area contributed by atoms with Gasteiger partial charge in [-0.15, -0.1) is 11.6 Å². The van der Waals surface area contributed by atoms with Gasteiger partial charge in [-0.2, -0.15) is 0 Å². The first-order chi connectivity index (χ1) is 9.70. The van der Waals surface area contributed by atoms with E-state index in [4.69, 9.17) is 16.3 Å². The zero-order chi connectivity index (χ0) is 14.4. The molecule has 5 heteroatoms. The zero-order valence-electron chi connectivity index (χ0n) is 11.8. The molecule has 1 fully saturated rings. The summed E-state index contributed by atoms with van der Waals surface area (Å²) in [5, 5.41) is -0.00894. The van der Waals surface area contributed by atoms with Crippen LogP contribution in [-0.4, -0.2) is 55.2 Å². The van der Waals surface area contributed by atoms with Crippen LogP contribution >= 0.6 is 11.6 Å². The molecule has 110 valence electrons. The molecule has 1 aromatic carbocycles. The van der Waals surface area contributed by atoms with Crippen LogP contribution in [0.3, 0.4) is 0 Å². The summed E-state index contributed by atoms with van der Waals surface area (Å²) in [6, 6.07) is 10.1. The number of ether oxygens (including phenoxy) is 1. The summed E-state index contributed by atoms with van der Waals surface area (Å²) in [7, 11) is 0.